The Bertz CT molecular complexity index is 440. The zero-order valence-electron chi connectivity index (χ0n) is 8.96. The summed E-state index contributed by atoms with van der Waals surface area (Å²) in [6.45, 7) is 0.661. The lowest BCUT2D eigenvalue weighted by atomic mass is 9.93. The third kappa shape index (κ3) is 2.51. The summed E-state index contributed by atoms with van der Waals surface area (Å²) in [6, 6.07) is 5.58. The number of aliphatic imine (C=N–C) groups is 1. The molecular formula is C11H12F3N3. The Morgan fingerprint density at radius 2 is 2.00 bits per heavy atom. The molecule has 6 heteroatoms. The fourth-order valence-electron chi connectivity index (χ4n) is 1.88. The van der Waals surface area contributed by atoms with Crippen LogP contribution in [0.2, 0.25) is 0 Å². The van der Waals surface area contributed by atoms with E-state index in [1.807, 2.05) is 0 Å². The Morgan fingerprint density at radius 1 is 1.29 bits per heavy atom. The molecule has 17 heavy (non-hydrogen) atoms. The first-order chi connectivity index (χ1) is 7.98. The zero-order valence-corrected chi connectivity index (χ0v) is 8.96. The summed E-state index contributed by atoms with van der Waals surface area (Å²) in [5.41, 5.74) is 5.09. The van der Waals surface area contributed by atoms with Crippen molar-refractivity contribution in [2.75, 3.05) is 13.1 Å². The molecular weight excluding hydrogens is 231 g/mol. The van der Waals surface area contributed by atoms with E-state index in [-0.39, 0.29) is 24.0 Å². The summed E-state index contributed by atoms with van der Waals surface area (Å²) in [5, 5.41) is 2.77. The Morgan fingerprint density at radius 3 is 2.59 bits per heavy atom. The van der Waals surface area contributed by atoms with E-state index in [1.165, 1.54) is 12.1 Å². The van der Waals surface area contributed by atoms with E-state index in [9.17, 15) is 13.2 Å². The van der Waals surface area contributed by atoms with Crippen molar-refractivity contribution in [3.63, 3.8) is 0 Å². The average molecular weight is 243 g/mol. The second kappa shape index (κ2) is 4.27. The van der Waals surface area contributed by atoms with Gasteiger partial charge in [0.15, 0.2) is 5.96 Å². The van der Waals surface area contributed by atoms with Crippen LogP contribution in [0.3, 0.4) is 0 Å². The standard InChI is InChI=1S/C11H12F3N3/c12-11(13,14)9-4-2-1-3-8(9)7-5-16-10(15)17-6-7/h1-4,7H,5-6H2,(H3,15,16,17). The molecule has 1 unspecified atom stereocenters. The van der Waals surface area contributed by atoms with Gasteiger partial charge in [0.1, 0.15) is 0 Å². The highest BCUT2D eigenvalue weighted by molar-refractivity contribution is 5.78. The highest BCUT2D eigenvalue weighted by Crippen LogP contribution is 2.35. The average Bonchev–Trinajstić information content (AvgIpc) is 2.29. The van der Waals surface area contributed by atoms with Crippen molar-refractivity contribution < 1.29 is 13.2 Å². The minimum absolute atomic E-state index is 0.267. The monoisotopic (exact) mass is 243 g/mol. The van der Waals surface area contributed by atoms with E-state index >= 15 is 0 Å². The molecule has 1 aliphatic heterocycles. The van der Waals surface area contributed by atoms with E-state index in [0.717, 1.165) is 6.07 Å². The molecule has 3 N–H and O–H groups in total. The van der Waals surface area contributed by atoms with Gasteiger partial charge in [-0.15, -0.1) is 0 Å². The second-order valence-corrected chi connectivity index (χ2v) is 3.89. The van der Waals surface area contributed by atoms with Crippen molar-refractivity contribution in [2.45, 2.75) is 12.1 Å². The summed E-state index contributed by atoms with van der Waals surface area (Å²) >= 11 is 0. The van der Waals surface area contributed by atoms with E-state index in [2.05, 4.69) is 10.3 Å². The van der Waals surface area contributed by atoms with Crippen LogP contribution in [0.25, 0.3) is 0 Å². The van der Waals surface area contributed by atoms with Crippen LogP contribution in [0, 0.1) is 0 Å². The van der Waals surface area contributed by atoms with Crippen molar-refractivity contribution in [2.24, 2.45) is 10.7 Å². The largest absolute Gasteiger partial charge is 0.416 e. The van der Waals surface area contributed by atoms with Gasteiger partial charge in [-0.25, -0.2) is 0 Å². The highest BCUT2D eigenvalue weighted by atomic mass is 19.4. The Labute approximate surface area is 96.5 Å². The van der Waals surface area contributed by atoms with E-state index in [4.69, 9.17) is 5.73 Å². The predicted octanol–water partition coefficient (Wildman–Crippen LogP) is 1.71. The Kier molecular flexibility index (Phi) is 2.95. The smallest absolute Gasteiger partial charge is 0.370 e. The first-order valence-electron chi connectivity index (χ1n) is 5.18. The number of nitrogens with zero attached hydrogens (tertiary/aromatic N) is 1. The molecule has 0 bridgehead atoms. The summed E-state index contributed by atoms with van der Waals surface area (Å²) < 4.78 is 38.4. The summed E-state index contributed by atoms with van der Waals surface area (Å²) in [6.07, 6.45) is -4.33. The maximum absolute atomic E-state index is 12.8. The van der Waals surface area contributed by atoms with Gasteiger partial charge in [0.2, 0.25) is 0 Å². The lowest BCUT2D eigenvalue weighted by molar-refractivity contribution is -0.138. The van der Waals surface area contributed by atoms with Crippen LogP contribution in [0.5, 0.6) is 0 Å². The summed E-state index contributed by atoms with van der Waals surface area (Å²) in [5.74, 6) is -0.00846. The maximum Gasteiger partial charge on any atom is 0.416 e. The molecule has 0 radical (unpaired) electrons. The SMILES string of the molecule is NC1=NCC(c2ccccc2C(F)(F)F)CN1. The van der Waals surface area contributed by atoms with Gasteiger partial charge in [0.05, 0.1) is 12.1 Å². The fraction of sp³-hybridized carbons (Fsp3) is 0.364. The number of alkyl halides is 3. The molecule has 1 aromatic carbocycles. The fourth-order valence-corrected chi connectivity index (χ4v) is 1.88. The number of benzene rings is 1. The van der Waals surface area contributed by atoms with Gasteiger partial charge in [0, 0.05) is 12.5 Å². The molecule has 0 amide bonds. The third-order valence-corrected chi connectivity index (χ3v) is 2.72. The van der Waals surface area contributed by atoms with Crippen LogP contribution in [-0.4, -0.2) is 19.0 Å². The van der Waals surface area contributed by atoms with E-state index in [0.29, 0.717) is 6.54 Å². The van der Waals surface area contributed by atoms with Gasteiger partial charge < -0.3 is 11.1 Å². The topological polar surface area (TPSA) is 50.4 Å². The first kappa shape index (κ1) is 11.8. The number of halogens is 3. The molecule has 0 spiro atoms. The molecule has 1 aromatic rings. The Balaban J connectivity index is 2.33. The number of guanidine groups is 1. The molecule has 92 valence electrons. The zero-order chi connectivity index (χ0) is 12.5. The minimum Gasteiger partial charge on any atom is -0.370 e. The van der Waals surface area contributed by atoms with Crippen molar-refractivity contribution in [3.8, 4) is 0 Å². The number of nitrogens with one attached hydrogen (secondary N) is 1. The van der Waals surface area contributed by atoms with Crippen molar-refractivity contribution >= 4 is 5.96 Å². The molecule has 2 rings (SSSR count). The van der Waals surface area contributed by atoms with Crippen LogP contribution in [0.1, 0.15) is 17.0 Å². The second-order valence-electron chi connectivity index (χ2n) is 3.89. The van der Waals surface area contributed by atoms with Crippen LogP contribution >= 0.6 is 0 Å². The normalized spacial score (nSPS) is 20.6. The lowest BCUT2D eigenvalue weighted by Crippen LogP contribution is -2.40. The van der Waals surface area contributed by atoms with Gasteiger partial charge >= 0.3 is 6.18 Å². The minimum atomic E-state index is -4.33. The van der Waals surface area contributed by atoms with Crippen LogP contribution in [0.4, 0.5) is 13.2 Å². The van der Waals surface area contributed by atoms with E-state index < -0.39 is 11.7 Å². The van der Waals surface area contributed by atoms with Crippen LogP contribution in [0.15, 0.2) is 29.3 Å². The van der Waals surface area contributed by atoms with E-state index in [1.54, 1.807) is 6.07 Å². The van der Waals surface area contributed by atoms with Gasteiger partial charge in [-0.2, -0.15) is 13.2 Å². The van der Waals surface area contributed by atoms with Crippen molar-refractivity contribution in [1.82, 2.24) is 5.32 Å². The molecule has 0 aromatic heterocycles. The maximum atomic E-state index is 12.8. The molecule has 1 atom stereocenters. The molecule has 0 saturated heterocycles. The van der Waals surface area contributed by atoms with Gasteiger partial charge in [-0.3, -0.25) is 4.99 Å². The molecule has 0 aliphatic carbocycles. The molecule has 3 nitrogen and oxygen atoms in total. The van der Waals surface area contributed by atoms with Gasteiger partial charge in [-0.05, 0) is 11.6 Å². The number of hydrogen-bond acceptors (Lipinski definition) is 3. The molecule has 0 fully saturated rings. The highest BCUT2D eigenvalue weighted by Gasteiger charge is 2.35. The Hall–Kier alpha value is -1.72. The lowest BCUT2D eigenvalue weighted by Gasteiger charge is -2.24. The first-order valence-corrected chi connectivity index (χ1v) is 5.18. The number of hydrogen-bond donors (Lipinski definition) is 2. The predicted molar refractivity (Wildman–Crippen MR) is 58.7 cm³/mol. The quantitative estimate of drug-likeness (QED) is 0.788. The number of rotatable bonds is 1. The molecule has 1 heterocycles. The molecule has 1 aliphatic rings. The van der Waals surface area contributed by atoms with Gasteiger partial charge in [-0.1, -0.05) is 18.2 Å². The third-order valence-electron chi connectivity index (χ3n) is 2.72. The summed E-state index contributed by atoms with van der Waals surface area (Å²) in [4.78, 5) is 3.93. The van der Waals surface area contributed by atoms with Gasteiger partial charge in [0.25, 0.3) is 0 Å². The summed E-state index contributed by atoms with van der Waals surface area (Å²) in [7, 11) is 0. The van der Waals surface area contributed by atoms with Crippen LogP contribution < -0.4 is 11.1 Å². The van der Waals surface area contributed by atoms with Crippen LogP contribution in [-0.2, 0) is 6.18 Å². The molecule has 0 saturated carbocycles. The number of nitrogens with two attached hydrogens (primary N) is 1. The van der Waals surface area contributed by atoms with Crippen molar-refractivity contribution in [1.29, 1.82) is 0 Å². The van der Waals surface area contributed by atoms with Crippen molar-refractivity contribution in [3.05, 3.63) is 35.4 Å².